The number of unbranched alkanes of at least 4 members (excludes halogenated alkanes) is 1. The number of ether oxygens (including phenoxy) is 1. The Morgan fingerprint density at radius 3 is 3.00 bits per heavy atom. The molecule has 1 heterocycles. The number of aromatic nitrogens is 1. The molecule has 0 amide bonds. The Labute approximate surface area is 137 Å². The minimum Gasteiger partial charge on any atom is -0.395 e. The quantitative estimate of drug-likeness (QED) is 0.755. The van der Waals surface area contributed by atoms with Gasteiger partial charge in [0.1, 0.15) is 5.01 Å². The van der Waals surface area contributed by atoms with Crippen LogP contribution < -0.4 is 11.1 Å². The number of hydrogen-bond donors (Lipinski definition) is 2. The number of nitrogens with zero attached hydrogens (tertiary/aromatic N) is 1. The van der Waals surface area contributed by atoms with Gasteiger partial charge in [-0.2, -0.15) is 0 Å². The molecule has 2 rings (SSSR count). The maximum absolute atomic E-state index is 6.11. The summed E-state index contributed by atoms with van der Waals surface area (Å²) < 4.78 is 5.74. The summed E-state index contributed by atoms with van der Waals surface area (Å²) in [5, 5.41) is 6.26. The molecule has 1 aliphatic carbocycles. The molecule has 1 saturated carbocycles. The SMILES string of the molecule is C=C1CC(CCCC)C(OC)C1N/C=C(\N)c1nc(C)cs1. The van der Waals surface area contributed by atoms with E-state index >= 15 is 0 Å². The van der Waals surface area contributed by atoms with Crippen LogP contribution in [0.1, 0.15) is 43.3 Å². The fourth-order valence-electron chi connectivity index (χ4n) is 3.09. The molecule has 0 radical (unpaired) electrons. The van der Waals surface area contributed by atoms with Crippen molar-refractivity contribution in [3.05, 3.63) is 34.4 Å². The van der Waals surface area contributed by atoms with Crippen LogP contribution in [0.3, 0.4) is 0 Å². The zero-order chi connectivity index (χ0) is 16.1. The van der Waals surface area contributed by atoms with E-state index in [4.69, 9.17) is 10.5 Å². The Kier molecular flexibility index (Phi) is 6.03. The average Bonchev–Trinajstić information content (AvgIpc) is 3.06. The van der Waals surface area contributed by atoms with Gasteiger partial charge >= 0.3 is 0 Å². The summed E-state index contributed by atoms with van der Waals surface area (Å²) >= 11 is 1.56. The van der Waals surface area contributed by atoms with Gasteiger partial charge in [0, 0.05) is 24.4 Å². The van der Waals surface area contributed by atoms with Crippen molar-refractivity contribution in [2.75, 3.05) is 7.11 Å². The Hall–Kier alpha value is -1.33. The largest absolute Gasteiger partial charge is 0.395 e. The zero-order valence-corrected chi connectivity index (χ0v) is 14.6. The molecular formula is C17H27N3OS. The maximum Gasteiger partial charge on any atom is 0.140 e. The zero-order valence-electron chi connectivity index (χ0n) is 13.8. The van der Waals surface area contributed by atoms with E-state index in [9.17, 15) is 0 Å². The summed E-state index contributed by atoms with van der Waals surface area (Å²) in [6, 6.07) is 0.131. The van der Waals surface area contributed by atoms with Crippen molar-refractivity contribution >= 4 is 17.0 Å². The monoisotopic (exact) mass is 321 g/mol. The molecule has 1 aliphatic rings. The van der Waals surface area contributed by atoms with Crippen LogP contribution in [0.5, 0.6) is 0 Å². The number of nitrogens with two attached hydrogens (primary N) is 1. The van der Waals surface area contributed by atoms with E-state index < -0.39 is 0 Å². The van der Waals surface area contributed by atoms with Gasteiger partial charge in [0.25, 0.3) is 0 Å². The lowest BCUT2D eigenvalue weighted by Crippen LogP contribution is -2.37. The minimum atomic E-state index is 0.131. The van der Waals surface area contributed by atoms with Gasteiger partial charge in [0.05, 0.1) is 17.8 Å². The lowest BCUT2D eigenvalue weighted by atomic mass is 9.98. The van der Waals surface area contributed by atoms with Crippen molar-refractivity contribution in [1.82, 2.24) is 10.3 Å². The molecule has 3 atom stereocenters. The lowest BCUT2D eigenvalue weighted by molar-refractivity contribution is 0.0527. The lowest BCUT2D eigenvalue weighted by Gasteiger charge is -2.24. The van der Waals surface area contributed by atoms with Gasteiger partial charge in [-0.1, -0.05) is 31.9 Å². The first-order valence-corrected chi connectivity index (χ1v) is 8.79. The average molecular weight is 321 g/mol. The molecule has 0 bridgehead atoms. The normalized spacial score (nSPS) is 25.7. The van der Waals surface area contributed by atoms with Crippen molar-refractivity contribution in [2.45, 2.75) is 51.7 Å². The molecule has 0 aliphatic heterocycles. The van der Waals surface area contributed by atoms with E-state index in [1.807, 2.05) is 18.5 Å². The predicted octanol–water partition coefficient (Wildman–Crippen LogP) is 3.45. The highest BCUT2D eigenvalue weighted by atomic mass is 32.1. The summed E-state index contributed by atoms with van der Waals surface area (Å²) in [6.45, 7) is 8.42. The molecule has 0 saturated heterocycles. The van der Waals surface area contributed by atoms with Gasteiger partial charge < -0.3 is 15.8 Å². The highest BCUT2D eigenvalue weighted by molar-refractivity contribution is 7.10. The Balaban J connectivity index is 2.02. The smallest absolute Gasteiger partial charge is 0.140 e. The van der Waals surface area contributed by atoms with Crippen LogP contribution in [0.25, 0.3) is 5.70 Å². The van der Waals surface area contributed by atoms with Crippen molar-refractivity contribution in [2.24, 2.45) is 11.7 Å². The number of methoxy groups -OCH3 is 1. The molecule has 5 heteroatoms. The molecule has 1 aromatic rings. The maximum atomic E-state index is 6.11. The summed E-state index contributed by atoms with van der Waals surface area (Å²) in [7, 11) is 1.79. The second-order valence-corrected chi connectivity index (χ2v) is 6.86. The Morgan fingerprint density at radius 2 is 2.41 bits per heavy atom. The molecule has 3 unspecified atom stereocenters. The minimum absolute atomic E-state index is 0.131. The topological polar surface area (TPSA) is 60.2 Å². The van der Waals surface area contributed by atoms with Gasteiger partial charge in [0.15, 0.2) is 0 Å². The van der Waals surface area contributed by atoms with E-state index in [0.717, 1.165) is 17.1 Å². The number of aryl methyl sites for hydroxylation is 1. The van der Waals surface area contributed by atoms with Crippen LogP contribution >= 0.6 is 11.3 Å². The second-order valence-electron chi connectivity index (χ2n) is 6.00. The van der Waals surface area contributed by atoms with Gasteiger partial charge in [-0.15, -0.1) is 11.3 Å². The summed E-state index contributed by atoms with van der Waals surface area (Å²) in [4.78, 5) is 4.40. The van der Waals surface area contributed by atoms with E-state index in [1.54, 1.807) is 18.4 Å². The summed E-state index contributed by atoms with van der Waals surface area (Å²) in [5.74, 6) is 0.548. The third kappa shape index (κ3) is 3.90. The van der Waals surface area contributed by atoms with Crippen LogP contribution in [-0.4, -0.2) is 24.2 Å². The molecule has 1 fully saturated rings. The van der Waals surface area contributed by atoms with E-state index in [2.05, 4.69) is 23.8 Å². The standard InChI is InChI=1S/C17H27N3OS/c1-5-6-7-13-8-11(2)15(16(13)21-4)19-9-14(18)17-20-12(3)10-22-17/h9-10,13,15-16,19H,2,5-8,18H2,1,3-4H3/b14-9-. The summed E-state index contributed by atoms with van der Waals surface area (Å²) in [6.07, 6.45) is 6.69. The number of thiazole rings is 1. The number of hydrogen-bond acceptors (Lipinski definition) is 5. The van der Waals surface area contributed by atoms with E-state index in [0.29, 0.717) is 11.6 Å². The van der Waals surface area contributed by atoms with Crippen LogP contribution in [0.15, 0.2) is 23.7 Å². The molecule has 1 aromatic heterocycles. The molecule has 0 aromatic carbocycles. The second kappa shape index (κ2) is 7.79. The molecule has 22 heavy (non-hydrogen) atoms. The van der Waals surface area contributed by atoms with Gasteiger partial charge in [0.2, 0.25) is 0 Å². The fourth-order valence-corrected chi connectivity index (χ4v) is 3.81. The first-order valence-electron chi connectivity index (χ1n) is 7.91. The molecule has 4 nitrogen and oxygen atoms in total. The number of rotatable bonds is 7. The third-order valence-corrected chi connectivity index (χ3v) is 5.25. The van der Waals surface area contributed by atoms with Gasteiger partial charge in [-0.3, -0.25) is 0 Å². The molecule has 122 valence electrons. The van der Waals surface area contributed by atoms with E-state index in [-0.39, 0.29) is 12.1 Å². The first-order chi connectivity index (χ1) is 10.6. The molecule has 3 N–H and O–H groups in total. The predicted molar refractivity (Wildman–Crippen MR) is 93.5 cm³/mol. The van der Waals surface area contributed by atoms with Crippen molar-refractivity contribution < 1.29 is 4.74 Å². The van der Waals surface area contributed by atoms with Crippen molar-refractivity contribution in [3.8, 4) is 0 Å². The molecule has 0 spiro atoms. The Bertz CT molecular complexity index is 538. The Morgan fingerprint density at radius 1 is 1.64 bits per heavy atom. The van der Waals surface area contributed by atoms with Crippen LogP contribution in [0.2, 0.25) is 0 Å². The van der Waals surface area contributed by atoms with Crippen molar-refractivity contribution in [1.29, 1.82) is 0 Å². The van der Waals surface area contributed by atoms with Crippen LogP contribution in [-0.2, 0) is 4.74 Å². The highest BCUT2D eigenvalue weighted by Crippen LogP contribution is 2.35. The molecular weight excluding hydrogens is 294 g/mol. The van der Waals surface area contributed by atoms with Crippen LogP contribution in [0, 0.1) is 12.8 Å². The highest BCUT2D eigenvalue weighted by Gasteiger charge is 2.38. The third-order valence-electron chi connectivity index (χ3n) is 4.24. The van der Waals surface area contributed by atoms with Gasteiger partial charge in [-0.25, -0.2) is 4.98 Å². The van der Waals surface area contributed by atoms with E-state index in [1.165, 1.54) is 24.8 Å². The first kappa shape index (κ1) is 17.0. The summed E-state index contributed by atoms with van der Waals surface area (Å²) in [5.41, 5.74) is 8.97. The fraction of sp³-hybridized carbons (Fsp3) is 0.588. The van der Waals surface area contributed by atoms with Gasteiger partial charge in [-0.05, 0) is 25.7 Å². The van der Waals surface area contributed by atoms with Crippen LogP contribution in [0.4, 0.5) is 0 Å². The number of nitrogens with one attached hydrogen (secondary N) is 1. The van der Waals surface area contributed by atoms with Crippen molar-refractivity contribution in [3.63, 3.8) is 0 Å².